The highest BCUT2D eigenvalue weighted by molar-refractivity contribution is 5.61. The second-order valence-corrected chi connectivity index (χ2v) is 5.10. The van der Waals surface area contributed by atoms with Gasteiger partial charge in [0.25, 0.3) is 5.69 Å². The third kappa shape index (κ3) is 3.44. The maximum absolute atomic E-state index is 11.0. The molecule has 1 saturated heterocycles. The Kier molecular flexibility index (Phi) is 4.89. The number of ether oxygens (including phenoxy) is 1. The monoisotopic (exact) mass is 280 g/mol. The Bertz CT molecular complexity index is 481. The van der Waals surface area contributed by atoms with E-state index in [2.05, 4.69) is 10.3 Å². The van der Waals surface area contributed by atoms with Crippen LogP contribution in [0.3, 0.4) is 0 Å². The lowest BCUT2D eigenvalue weighted by Gasteiger charge is -2.16. The van der Waals surface area contributed by atoms with E-state index in [9.17, 15) is 10.1 Å². The molecular formula is C13H20N4O3. The molecule has 3 N–H and O–H groups in total. The minimum atomic E-state index is -0.420. The molecule has 0 amide bonds. The number of nitrogens with two attached hydrogens (primary N) is 1. The van der Waals surface area contributed by atoms with Crippen molar-refractivity contribution in [2.24, 2.45) is 11.8 Å². The molecule has 1 atom stereocenters. The first-order chi connectivity index (χ1) is 9.63. The van der Waals surface area contributed by atoms with Gasteiger partial charge in [0.2, 0.25) is 0 Å². The number of anilines is 1. The number of nitrogens with one attached hydrogen (secondary N) is 1. The molecular weight excluding hydrogens is 260 g/mol. The smallest absolute Gasteiger partial charge is 0.293 e. The average molecular weight is 280 g/mol. The van der Waals surface area contributed by atoms with Gasteiger partial charge in [-0.1, -0.05) is 6.07 Å². The van der Waals surface area contributed by atoms with Crippen LogP contribution in [0.4, 0.5) is 11.4 Å². The third-order valence-electron chi connectivity index (χ3n) is 3.59. The van der Waals surface area contributed by atoms with E-state index in [4.69, 9.17) is 10.6 Å². The first kappa shape index (κ1) is 14.7. The van der Waals surface area contributed by atoms with E-state index in [1.807, 2.05) is 6.07 Å². The first-order valence-electron chi connectivity index (χ1n) is 6.59. The maximum atomic E-state index is 11.0. The van der Waals surface area contributed by atoms with E-state index >= 15 is 0 Å². The van der Waals surface area contributed by atoms with E-state index in [1.54, 1.807) is 19.2 Å². The Hall–Kier alpha value is -1.70. The number of hydrogen-bond acceptors (Lipinski definition) is 6. The zero-order chi connectivity index (χ0) is 14.5. The zero-order valence-corrected chi connectivity index (χ0v) is 11.5. The molecule has 0 bridgehead atoms. The van der Waals surface area contributed by atoms with Crippen molar-refractivity contribution in [3.63, 3.8) is 0 Å². The van der Waals surface area contributed by atoms with Crippen molar-refractivity contribution in [2.75, 3.05) is 32.2 Å². The molecule has 7 nitrogen and oxygen atoms in total. The standard InChI is InChI=1S/C13H20N4O3/c1-20-9-11-4-5-16(8-11)7-10-2-3-12(15-14)13(6-10)17(18)19/h2-3,6,11,15H,4-5,7-9,14H2,1H3. The molecule has 1 unspecified atom stereocenters. The highest BCUT2D eigenvalue weighted by Gasteiger charge is 2.23. The van der Waals surface area contributed by atoms with E-state index in [-0.39, 0.29) is 5.69 Å². The molecule has 0 saturated carbocycles. The van der Waals surface area contributed by atoms with Gasteiger partial charge in [0.1, 0.15) is 5.69 Å². The number of nitrogens with zero attached hydrogens (tertiary/aromatic N) is 2. The topological polar surface area (TPSA) is 93.7 Å². The van der Waals surface area contributed by atoms with Gasteiger partial charge in [-0.05, 0) is 30.5 Å². The lowest BCUT2D eigenvalue weighted by atomic mass is 10.1. The molecule has 0 aromatic heterocycles. The van der Waals surface area contributed by atoms with Crippen molar-refractivity contribution in [3.05, 3.63) is 33.9 Å². The van der Waals surface area contributed by atoms with Crippen LogP contribution in [0.2, 0.25) is 0 Å². The van der Waals surface area contributed by atoms with E-state index in [1.165, 1.54) is 0 Å². The molecule has 1 aromatic carbocycles. The zero-order valence-electron chi connectivity index (χ0n) is 11.5. The Labute approximate surface area is 117 Å². The van der Waals surface area contributed by atoms with Crippen LogP contribution in [0.25, 0.3) is 0 Å². The molecule has 0 aliphatic carbocycles. The number of likely N-dealkylation sites (tertiary alicyclic amines) is 1. The minimum absolute atomic E-state index is 0.0117. The minimum Gasteiger partial charge on any atom is -0.384 e. The number of hydrogen-bond donors (Lipinski definition) is 2. The highest BCUT2D eigenvalue weighted by atomic mass is 16.6. The molecule has 2 rings (SSSR count). The quantitative estimate of drug-likeness (QED) is 0.464. The van der Waals surface area contributed by atoms with Crippen molar-refractivity contribution in [3.8, 4) is 0 Å². The van der Waals surface area contributed by atoms with E-state index < -0.39 is 4.92 Å². The Morgan fingerprint density at radius 2 is 2.40 bits per heavy atom. The molecule has 110 valence electrons. The van der Waals surface area contributed by atoms with Crippen LogP contribution < -0.4 is 11.3 Å². The summed E-state index contributed by atoms with van der Waals surface area (Å²) in [5, 5.41) is 11.0. The maximum Gasteiger partial charge on any atom is 0.293 e. The van der Waals surface area contributed by atoms with Gasteiger partial charge >= 0.3 is 0 Å². The van der Waals surface area contributed by atoms with Gasteiger partial charge in [-0.15, -0.1) is 0 Å². The predicted octanol–water partition coefficient (Wildman–Crippen LogP) is 1.35. The van der Waals surface area contributed by atoms with Gasteiger partial charge < -0.3 is 10.2 Å². The number of nitrogen functional groups attached to an aromatic ring is 1. The fourth-order valence-corrected chi connectivity index (χ4v) is 2.64. The number of methoxy groups -OCH3 is 1. The number of rotatable bonds is 6. The lowest BCUT2D eigenvalue weighted by Crippen LogP contribution is -2.21. The summed E-state index contributed by atoms with van der Waals surface area (Å²) in [6, 6.07) is 5.10. The SMILES string of the molecule is COCC1CCN(Cc2ccc(NN)c([N+](=O)[O-])c2)C1. The van der Waals surface area contributed by atoms with Gasteiger partial charge in [-0.2, -0.15) is 0 Å². The summed E-state index contributed by atoms with van der Waals surface area (Å²) < 4.78 is 5.17. The fourth-order valence-electron chi connectivity index (χ4n) is 2.64. The Morgan fingerprint density at radius 3 is 3.05 bits per heavy atom. The van der Waals surface area contributed by atoms with Crippen LogP contribution in [0.1, 0.15) is 12.0 Å². The summed E-state index contributed by atoms with van der Waals surface area (Å²) in [6.45, 7) is 3.45. The second-order valence-electron chi connectivity index (χ2n) is 5.10. The van der Waals surface area contributed by atoms with Crippen LogP contribution in [0, 0.1) is 16.0 Å². The average Bonchev–Trinajstić information content (AvgIpc) is 2.86. The van der Waals surface area contributed by atoms with Gasteiger partial charge in [-0.3, -0.25) is 20.9 Å². The third-order valence-corrected chi connectivity index (χ3v) is 3.59. The summed E-state index contributed by atoms with van der Waals surface area (Å²) in [4.78, 5) is 12.9. The molecule has 7 heteroatoms. The van der Waals surface area contributed by atoms with Crippen LogP contribution in [0.5, 0.6) is 0 Å². The summed E-state index contributed by atoms with van der Waals surface area (Å²) in [6.07, 6.45) is 1.11. The molecule has 1 fully saturated rings. The Balaban J connectivity index is 2.03. The van der Waals surface area contributed by atoms with Crippen molar-refractivity contribution in [1.29, 1.82) is 0 Å². The van der Waals surface area contributed by atoms with Crippen molar-refractivity contribution < 1.29 is 9.66 Å². The summed E-state index contributed by atoms with van der Waals surface area (Å²) in [5.41, 5.74) is 3.62. The van der Waals surface area contributed by atoms with Gasteiger partial charge in [0, 0.05) is 26.3 Å². The van der Waals surface area contributed by atoms with Crippen molar-refractivity contribution in [2.45, 2.75) is 13.0 Å². The molecule has 1 aliphatic rings. The normalized spacial score (nSPS) is 19.2. The molecule has 1 aromatic rings. The number of hydrazine groups is 1. The van der Waals surface area contributed by atoms with Gasteiger partial charge in [-0.25, -0.2) is 0 Å². The summed E-state index contributed by atoms with van der Waals surface area (Å²) >= 11 is 0. The first-order valence-corrected chi connectivity index (χ1v) is 6.59. The number of nitro groups is 1. The fraction of sp³-hybridized carbons (Fsp3) is 0.538. The summed E-state index contributed by atoms with van der Waals surface area (Å²) in [7, 11) is 1.71. The molecule has 1 aliphatic heterocycles. The van der Waals surface area contributed by atoms with Crippen LogP contribution >= 0.6 is 0 Å². The summed E-state index contributed by atoms with van der Waals surface area (Å²) in [5.74, 6) is 5.83. The van der Waals surface area contributed by atoms with Crippen LogP contribution in [-0.2, 0) is 11.3 Å². The predicted molar refractivity (Wildman–Crippen MR) is 76.2 cm³/mol. The van der Waals surface area contributed by atoms with Crippen LogP contribution in [0.15, 0.2) is 18.2 Å². The van der Waals surface area contributed by atoms with Gasteiger partial charge in [0.05, 0.1) is 11.5 Å². The number of nitro benzene ring substituents is 1. The number of benzene rings is 1. The van der Waals surface area contributed by atoms with E-state index in [0.717, 1.165) is 31.7 Å². The van der Waals surface area contributed by atoms with Crippen molar-refractivity contribution >= 4 is 11.4 Å². The molecule has 0 spiro atoms. The van der Waals surface area contributed by atoms with Crippen LogP contribution in [-0.4, -0.2) is 36.6 Å². The lowest BCUT2D eigenvalue weighted by molar-refractivity contribution is -0.384. The second kappa shape index (κ2) is 6.65. The molecule has 0 radical (unpaired) electrons. The largest absolute Gasteiger partial charge is 0.384 e. The molecule has 20 heavy (non-hydrogen) atoms. The van der Waals surface area contributed by atoms with Crippen molar-refractivity contribution in [1.82, 2.24) is 4.90 Å². The highest BCUT2D eigenvalue weighted by Crippen LogP contribution is 2.26. The Morgan fingerprint density at radius 1 is 1.60 bits per heavy atom. The molecule has 1 heterocycles. The van der Waals surface area contributed by atoms with Gasteiger partial charge in [0.15, 0.2) is 0 Å². The van der Waals surface area contributed by atoms with E-state index in [0.29, 0.717) is 18.2 Å².